The van der Waals surface area contributed by atoms with Crippen LogP contribution in [0, 0.1) is 11.6 Å². The van der Waals surface area contributed by atoms with E-state index < -0.39 is 35.5 Å². The largest absolute Gasteiger partial charge is 0.416 e. The van der Waals surface area contributed by atoms with Crippen molar-refractivity contribution in [1.82, 2.24) is 4.90 Å². The average molecular weight is 499 g/mol. The fourth-order valence-electron chi connectivity index (χ4n) is 5.06. The fourth-order valence-corrected chi connectivity index (χ4v) is 5.06. The Hall–Kier alpha value is -2.57. The Kier molecular flexibility index (Phi) is 7.43. The second-order valence-corrected chi connectivity index (χ2v) is 8.99. The van der Waals surface area contributed by atoms with Gasteiger partial charge in [-0.1, -0.05) is 0 Å². The van der Waals surface area contributed by atoms with Crippen LogP contribution in [-0.4, -0.2) is 60.3 Å². The zero-order valence-electron chi connectivity index (χ0n) is 18.7. The van der Waals surface area contributed by atoms with Crippen LogP contribution < -0.4 is 10.6 Å². The number of benzene rings is 2. The summed E-state index contributed by atoms with van der Waals surface area (Å²) in [7, 11) is 0. The Bertz CT molecular complexity index is 1060. The van der Waals surface area contributed by atoms with Gasteiger partial charge in [0.15, 0.2) is 0 Å². The molecule has 4 N–H and O–H groups in total. The summed E-state index contributed by atoms with van der Waals surface area (Å²) in [5, 5.41) is 12.0. The van der Waals surface area contributed by atoms with Crippen LogP contribution in [0.4, 0.5) is 27.6 Å². The van der Waals surface area contributed by atoms with E-state index in [2.05, 4.69) is 9.80 Å². The lowest BCUT2D eigenvalue weighted by atomic mass is 9.93. The van der Waals surface area contributed by atoms with Gasteiger partial charge in [-0.3, -0.25) is 15.4 Å². The number of nitrogens with zero attached hydrogens (tertiary/aromatic N) is 2. The van der Waals surface area contributed by atoms with Crippen molar-refractivity contribution >= 4 is 5.69 Å². The molecule has 6 nitrogen and oxygen atoms in total. The van der Waals surface area contributed by atoms with Gasteiger partial charge >= 0.3 is 6.18 Å². The zero-order chi connectivity index (χ0) is 25.3. The van der Waals surface area contributed by atoms with Crippen molar-refractivity contribution < 1.29 is 37.2 Å². The number of anilines is 1. The molecule has 1 saturated heterocycles. The van der Waals surface area contributed by atoms with Gasteiger partial charge in [0.1, 0.15) is 17.7 Å². The molecule has 190 valence electrons. The van der Waals surface area contributed by atoms with Crippen LogP contribution in [0.3, 0.4) is 0 Å². The summed E-state index contributed by atoms with van der Waals surface area (Å²) in [6.45, 7) is 3.21. The molecule has 3 heterocycles. The van der Waals surface area contributed by atoms with Gasteiger partial charge in [0.25, 0.3) is 0 Å². The molecule has 3 aliphatic rings. The van der Waals surface area contributed by atoms with Gasteiger partial charge in [-0.25, -0.2) is 8.78 Å². The fraction of sp³-hybridized carbons (Fsp3) is 0.417. The van der Waals surface area contributed by atoms with E-state index in [1.54, 1.807) is 0 Å². The summed E-state index contributed by atoms with van der Waals surface area (Å²) in [6.07, 6.45) is -4.43. The van der Waals surface area contributed by atoms with E-state index in [9.17, 15) is 22.0 Å². The van der Waals surface area contributed by atoms with Gasteiger partial charge in [0, 0.05) is 49.5 Å². The number of rotatable bonds is 3. The first-order valence-electron chi connectivity index (χ1n) is 11.1. The molecular formula is C24H26F5N3O3. The second-order valence-electron chi connectivity index (χ2n) is 8.99. The molecule has 0 spiro atoms. The first kappa shape index (κ1) is 25.5. The molecule has 11 heteroatoms. The van der Waals surface area contributed by atoms with E-state index in [0.29, 0.717) is 26.1 Å². The third-order valence-corrected chi connectivity index (χ3v) is 6.79. The maximum atomic E-state index is 14.2. The lowest BCUT2D eigenvalue weighted by molar-refractivity contribution is -0.176. The number of hydrogen-bond acceptors (Lipinski definition) is 6. The van der Waals surface area contributed by atoms with E-state index in [1.165, 1.54) is 23.3 Å². The highest BCUT2D eigenvalue weighted by Crippen LogP contribution is 2.36. The molecule has 0 saturated carbocycles. The van der Waals surface area contributed by atoms with Crippen LogP contribution in [0.25, 0.3) is 0 Å². The molecule has 0 bridgehead atoms. The minimum Gasteiger partial charge on any atom is -0.370 e. The van der Waals surface area contributed by atoms with Crippen LogP contribution in [0.15, 0.2) is 53.6 Å². The zero-order valence-corrected chi connectivity index (χ0v) is 18.7. The maximum Gasteiger partial charge on any atom is 0.416 e. The van der Waals surface area contributed by atoms with Crippen molar-refractivity contribution in [3.05, 3.63) is 76.4 Å². The monoisotopic (exact) mass is 499 g/mol. The summed E-state index contributed by atoms with van der Waals surface area (Å²) < 4.78 is 72.1. The highest BCUT2D eigenvalue weighted by atomic mass is 19.4. The van der Waals surface area contributed by atoms with Crippen molar-refractivity contribution in [2.75, 3.05) is 37.7 Å². The molecule has 0 radical (unpaired) electrons. The van der Waals surface area contributed by atoms with Crippen LogP contribution in [-0.2, 0) is 10.9 Å². The van der Waals surface area contributed by atoms with Crippen molar-refractivity contribution in [3.63, 3.8) is 0 Å². The second kappa shape index (κ2) is 10.2. The van der Waals surface area contributed by atoms with Gasteiger partial charge in [-0.05, 0) is 60.0 Å². The maximum absolute atomic E-state index is 14.2. The first-order chi connectivity index (χ1) is 16.7. The van der Waals surface area contributed by atoms with E-state index >= 15 is 0 Å². The summed E-state index contributed by atoms with van der Waals surface area (Å²) in [6, 6.07) is 8.17. The minimum atomic E-state index is -4.34. The summed E-state index contributed by atoms with van der Waals surface area (Å²) in [4.78, 5) is 4.36. The Morgan fingerprint density at radius 3 is 2.11 bits per heavy atom. The molecule has 1 fully saturated rings. The van der Waals surface area contributed by atoms with Gasteiger partial charge in [0.2, 0.25) is 0 Å². The Morgan fingerprint density at radius 1 is 0.914 bits per heavy atom. The van der Waals surface area contributed by atoms with Crippen molar-refractivity contribution in [2.45, 2.75) is 30.8 Å². The minimum absolute atomic E-state index is 0.0676. The van der Waals surface area contributed by atoms with Crippen LogP contribution in [0.1, 0.15) is 23.7 Å². The SMILES string of the molecule is NC1CC(N2CC3=C(CN(c4ccc(C(F)(F)F)cc4)C3)C2)CO[C@@H]1c1cc(F)ccc1F.OO. The third kappa shape index (κ3) is 5.34. The quantitative estimate of drug-likeness (QED) is 0.253. The highest BCUT2D eigenvalue weighted by Gasteiger charge is 2.39. The van der Waals surface area contributed by atoms with Gasteiger partial charge < -0.3 is 15.4 Å². The lowest BCUT2D eigenvalue weighted by Gasteiger charge is -2.39. The van der Waals surface area contributed by atoms with E-state index in [4.69, 9.17) is 21.0 Å². The molecule has 2 aromatic rings. The molecular weight excluding hydrogens is 473 g/mol. The average Bonchev–Trinajstić information content (AvgIpc) is 3.41. The Labute approximate surface area is 198 Å². The molecule has 0 aliphatic carbocycles. The highest BCUT2D eigenvalue weighted by molar-refractivity contribution is 5.55. The van der Waals surface area contributed by atoms with E-state index in [-0.39, 0.29) is 11.6 Å². The topological polar surface area (TPSA) is 82.2 Å². The number of hydrogen-bond donors (Lipinski definition) is 3. The number of ether oxygens (including phenoxy) is 1. The lowest BCUT2D eigenvalue weighted by Crippen LogP contribution is -2.49. The normalized spacial score (nSPS) is 24.9. The first-order valence-corrected chi connectivity index (χ1v) is 11.1. The number of alkyl halides is 3. The van der Waals surface area contributed by atoms with Gasteiger partial charge in [0.05, 0.1) is 12.2 Å². The smallest absolute Gasteiger partial charge is 0.370 e. The van der Waals surface area contributed by atoms with Gasteiger partial charge in [-0.15, -0.1) is 0 Å². The number of nitrogens with two attached hydrogens (primary N) is 1. The summed E-state index contributed by atoms with van der Waals surface area (Å²) >= 11 is 0. The molecule has 3 atom stereocenters. The molecule has 0 aromatic heterocycles. The predicted molar refractivity (Wildman–Crippen MR) is 119 cm³/mol. The summed E-state index contributed by atoms with van der Waals surface area (Å²) in [5.74, 6) is -1.05. The molecule has 2 aromatic carbocycles. The van der Waals surface area contributed by atoms with Gasteiger partial charge in [-0.2, -0.15) is 13.2 Å². The molecule has 3 aliphatic heterocycles. The van der Waals surface area contributed by atoms with Crippen LogP contribution >= 0.6 is 0 Å². The van der Waals surface area contributed by atoms with Crippen LogP contribution in [0.2, 0.25) is 0 Å². The third-order valence-electron chi connectivity index (χ3n) is 6.79. The molecule has 5 rings (SSSR count). The molecule has 2 unspecified atom stereocenters. The molecule has 35 heavy (non-hydrogen) atoms. The molecule has 0 amide bonds. The van der Waals surface area contributed by atoms with Crippen molar-refractivity contribution in [1.29, 1.82) is 0 Å². The number of halogens is 5. The van der Waals surface area contributed by atoms with Crippen LogP contribution in [0.5, 0.6) is 0 Å². The summed E-state index contributed by atoms with van der Waals surface area (Å²) in [5.41, 5.74) is 9.10. The Balaban J connectivity index is 0.00000141. The van der Waals surface area contributed by atoms with Crippen molar-refractivity contribution in [2.24, 2.45) is 5.73 Å². The van der Waals surface area contributed by atoms with Crippen molar-refractivity contribution in [3.8, 4) is 0 Å². The standard InChI is InChI=1S/C24H24F5N3O.H2O2/c25-17-3-6-21(26)20(7-17)23-22(30)8-19(13-33-23)32-11-14-9-31(10-15(14)12-32)18-4-1-16(2-5-18)24(27,28)29;1-2/h1-7,19,22-23H,8-13,30H2;1-2H/t19?,22?,23-;/m1./s1. The Morgan fingerprint density at radius 2 is 1.54 bits per heavy atom. The van der Waals surface area contributed by atoms with E-state index in [0.717, 1.165) is 49.1 Å². The predicted octanol–water partition coefficient (Wildman–Crippen LogP) is 4.29. The van der Waals surface area contributed by atoms with E-state index in [1.807, 2.05) is 0 Å².